The Morgan fingerprint density at radius 2 is 1.60 bits per heavy atom. The lowest BCUT2D eigenvalue weighted by molar-refractivity contribution is 0.0528. The first kappa shape index (κ1) is 20.5. The first-order chi connectivity index (χ1) is 11.5. The molecule has 1 aromatic carbocycles. The minimum absolute atomic E-state index is 0.0484. The van der Waals surface area contributed by atoms with Crippen molar-refractivity contribution in [3.63, 3.8) is 0 Å². The lowest BCUT2D eigenvalue weighted by Gasteiger charge is -2.19. The van der Waals surface area contributed by atoms with E-state index in [9.17, 15) is 27.2 Å². The normalized spacial score (nSPS) is 11.6. The molecule has 2 N–H and O–H groups in total. The van der Waals surface area contributed by atoms with Crippen LogP contribution < -0.4 is 5.32 Å². The summed E-state index contributed by atoms with van der Waals surface area (Å²) in [7, 11) is 0. The summed E-state index contributed by atoms with van der Waals surface area (Å²) in [5.41, 5.74) is -3.43. The summed E-state index contributed by atoms with van der Waals surface area (Å²) in [4.78, 5) is 22.0. The number of carbonyl (C=O) groups is 2. The van der Waals surface area contributed by atoms with Crippen molar-refractivity contribution in [3.8, 4) is 0 Å². The number of hydrogen-bond acceptors (Lipinski definition) is 3. The highest BCUT2D eigenvalue weighted by Gasteiger charge is 2.28. The van der Waals surface area contributed by atoms with Crippen LogP contribution in [-0.2, 0) is 4.74 Å². The highest BCUT2D eigenvalue weighted by molar-refractivity contribution is 5.88. The van der Waals surface area contributed by atoms with Gasteiger partial charge in [-0.05, 0) is 27.2 Å². The number of ether oxygens (including phenoxy) is 1. The van der Waals surface area contributed by atoms with Crippen LogP contribution in [0.4, 0.5) is 22.4 Å². The number of amides is 1. The molecule has 25 heavy (non-hydrogen) atoms. The summed E-state index contributed by atoms with van der Waals surface area (Å²) in [5.74, 6) is -9.72. The fourth-order valence-corrected chi connectivity index (χ4v) is 1.76. The standard InChI is InChI=1S/C16H17F4NO4/c1-16(2,3)25-15(24)21-7-5-4-6-8-10(17)12(19)9(14(22)23)13(20)11(8)18/h4,6H,5,7H2,1-3H3,(H,21,24)(H,22,23). The van der Waals surface area contributed by atoms with E-state index in [2.05, 4.69) is 5.32 Å². The van der Waals surface area contributed by atoms with Gasteiger partial charge in [-0.25, -0.2) is 27.2 Å². The zero-order valence-corrected chi connectivity index (χ0v) is 13.8. The maximum Gasteiger partial charge on any atom is 0.407 e. The third-order valence-corrected chi connectivity index (χ3v) is 2.77. The summed E-state index contributed by atoms with van der Waals surface area (Å²) in [5, 5.41) is 11.0. The smallest absolute Gasteiger partial charge is 0.407 e. The molecular weight excluding hydrogens is 346 g/mol. The quantitative estimate of drug-likeness (QED) is 0.473. The Kier molecular flexibility index (Phi) is 6.55. The number of halogens is 4. The van der Waals surface area contributed by atoms with Gasteiger partial charge in [0.1, 0.15) is 11.2 Å². The second-order valence-corrected chi connectivity index (χ2v) is 5.97. The van der Waals surface area contributed by atoms with Crippen molar-refractivity contribution in [1.82, 2.24) is 5.32 Å². The van der Waals surface area contributed by atoms with E-state index in [1.165, 1.54) is 0 Å². The average Bonchev–Trinajstić information content (AvgIpc) is 2.46. The highest BCUT2D eigenvalue weighted by Crippen LogP contribution is 2.25. The number of nitrogens with one attached hydrogen (secondary N) is 1. The Balaban J connectivity index is 2.79. The Labute approximate surface area is 141 Å². The van der Waals surface area contributed by atoms with Crippen molar-refractivity contribution >= 4 is 18.1 Å². The summed E-state index contributed by atoms with van der Waals surface area (Å²) >= 11 is 0. The largest absolute Gasteiger partial charge is 0.477 e. The molecular formula is C16H17F4NO4. The maximum absolute atomic E-state index is 13.7. The first-order valence-corrected chi connectivity index (χ1v) is 7.18. The predicted octanol–water partition coefficient (Wildman–Crippen LogP) is 3.87. The van der Waals surface area contributed by atoms with Crippen molar-refractivity contribution < 1.29 is 37.0 Å². The second-order valence-electron chi connectivity index (χ2n) is 5.97. The van der Waals surface area contributed by atoms with Gasteiger partial charge in [0.15, 0.2) is 23.3 Å². The minimum atomic E-state index is -2.12. The minimum Gasteiger partial charge on any atom is -0.477 e. The Bertz CT molecular complexity index is 682. The van der Waals surface area contributed by atoms with Crippen molar-refractivity contribution in [2.45, 2.75) is 32.8 Å². The van der Waals surface area contributed by atoms with Crippen molar-refractivity contribution in [2.24, 2.45) is 0 Å². The summed E-state index contributed by atoms with van der Waals surface area (Å²) in [6.45, 7) is 5.05. The van der Waals surface area contributed by atoms with Gasteiger partial charge in [0.05, 0.1) is 5.56 Å². The lowest BCUT2D eigenvalue weighted by atomic mass is 10.1. The van der Waals surface area contributed by atoms with Gasteiger partial charge in [-0.2, -0.15) is 0 Å². The van der Waals surface area contributed by atoms with E-state index >= 15 is 0 Å². The van der Waals surface area contributed by atoms with E-state index in [0.717, 1.165) is 12.2 Å². The van der Waals surface area contributed by atoms with E-state index in [0.29, 0.717) is 0 Å². The van der Waals surface area contributed by atoms with E-state index in [1.54, 1.807) is 20.8 Å². The van der Waals surface area contributed by atoms with Gasteiger partial charge >= 0.3 is 12.1 Å². The van der Waals surface area contributed by atoms with E-state index < -0.39 is 52.1 Å². The number of carboxylic acid groups (broad SMARTS) is 1. The molecule has 9 heteroatoms. The fraction of sp³-hybridized carbons (Fsp3) is 0.375. The van der Waals surface area contributed by atoms with Gasteiger partial charge in [0, 0.05) is 6.54 Å². The van der Waals surface area contributed by atoms with Gasteiger partial charge < -0.3 is 15.2 Å². The van der Waals surface area contributed by atoms with E-state index in [1.807, 2.05) is 0 Å². The van der Waals surface area contributed by atoms with E-state index in [-0.39, 0.29) is 13.0 Å². The molecule has 0 spiro atoms. The molecule has 138 valence electrons. The van der Waals surface area contributed by atoms with Crippen LogP contribution in [0.3, 0.4) is 0 Å². The number of hydrogen-bond donors (Lipinski definition) is 2. The predicted molar refractivity (Wildman–Crippen MR) is 81.1 cm³/mol. The van der Waals surface area contributed by atoms with Gasteiger partial charge in [-0.15, -0.1) is 0 Å². The molecule has 1 amide bonds. The fourth-order valence-electron chi connectivity index (χ4n) is 1.76. The number of carbonyl (C=O) groups excluding carboxylic acids is 1. The highest BCUT2D eigenvalue weighted by atomic mass is 19.2. The molecule has 5 nitrogen and oxygen atoms in total. The summed E-state index contributed by atoms with van der Waals surface area (Å²) < 4.78 is 59.4. The zero-order valence-electron chi connectivity index (χ0n) is 13.8. The monoisotopic (exact) mass is 363 g/mol. The van der Waals surface area contributed by atoms with Gasteiger partial charge in [-0.3, -0.25) is 0 Å². The Morgan fingerprint density at radius 3 is 2.04 bits per heavy atom. The molecule has 0 atom stereocenters. The van der Waals surface area contributed by atoms with Crippen LogP contribution in [0.5, 0.6) is 0 Å². The number of rotatable bonds is 5. The molecule has 0 aliphatic heterocycles. The van der Waals surface area contributed by atoms with Gasteiger partial charge in [-0.1, -0.05) is 12.2 Å². The molecule has 1 aromatic rings. The van der Waals surface area contributed by atoms with Crippen LogP contribution in [0.1, 0.15) is 43.1 Å². The molecule has 0 bridgehead atoms. The van der Waals surface area contributed by atoms with Crippen LogP contribution in [0.15, 0.2) is 6.08 Å². The lowest BCUT2D eigenvalue weighted by Crippen LogP contribution is -2.32. The average molecular weight is 363 g/mol. The number of benzene rings is 1. The molecule has 0 saturated heterocycles. The van der Waals surface area contributed by atoms with Crippen LogP contribution >= 0.6 is 0 Å². The Morgan fingerprint density at radius 1 is 1.08 bits per heavy atom. The molecule has 0 aromatic heterocycles. The molecule has 1 rings (SSSR count). The molecule has 0 aliphatic rings. The molecule has 0 fully saturated rings. The van der Waals surface area contributed by atoms with Crippen LogP contribution in [0.2, 0.25) is 0 Å². The molecule has 0 heterocycles. The molecule has 0 saturated carbocycles. The van der Waals surface area contributed by atoms with Crippen LogP contribution in [0.25, 0.3) is 6.08 Å². The van der Waals surface area contributed by atoms with Gasteiger partial charge in [0.2, 0.25) is 0 Å². The second kappa shape index (κ2) is 8.00. The van der Waals surface area contributed by atoms with Gasteiger partial charge in [0.25, 0.3) is 0 Å². The van der Waals surface area contributed by atoms with Crippen molar-refractivity contribution in [1.29, 1.82) is 0 Å². The Hall–Kier alpha value is -2.58. The summed E-state index contributed by atoms with van der Waals surface area (Å²) in [6, 6.07) is 0. The molecule has 0 unspecified atom stereocenters. The molecule has 0 radical (unpaired) electrons. The van der Waals surface area contributed by atoms with Crippen LogP contribution in [-0.4, -0.2) is 29.3 Å². The van der Waals surface area contributed by atoms with Crippen LogP contribution in [0, 0.1) is 23.3 Å². The first-order valence-electron chi connectivity index (χ1n) is 7.18. The topological polar surface area (TPSA) is 75.6 Å². The number of aromatic carboxylic acids is 1. The third-order valence-electron chi connectivity index (χ3n) is 2.77. The number of carboxylic acids is 1. The third kappa shape index (κ3) is 5.47. The molecule has 0 aliphatic carbocycles. The number of alkyl carbamates (subject to hydrolysis) is 1. The summed E-state index contributed by atoms with van der Waals surface area (Å²) in [6.07, 6.45) is 1.32. The maximum atomic E-state index is 13.7. The zero-order chi connectivity index (χ0) is 19.4. The van der Waals surface area contributed by atoms with Crippen molar-refractivity contribution in [3.05, 3.63) is 40.5 Å². The SMILES string of the molecule is CC(C)(C)OC(=O)NCCC=Cc1c(F)c(F)c(C(=O)O)c(F)c1F. The van der Waals surface area contributed by atoms with E-state index in [4.69, 9.17) is 9.84 Å². The van der Waals surface area contributed by atoms with Crippen molar-refractivity contribution in [2.75, 3.05) is 6.54 Å².